The minimum atomic E-state index is -3.91. The molecule has 3 rings (SSSR count). The molecule has 0 aliphatic rings. The maximum absolute atomic E-state index is 13.4. The van der Waals surface area contributed by atoms with Gasteiger partial charge < -0.3 is 10.1 Å². The molecule has 0 aromatic heterocycles. The maximum Gasteiger partial charge on any atom is 0.243 e. The van der Waals surface area contributed by atoms with Gasteiger partial charge in [-0.2, -0.15) is 4.31 Å². The van der Waals surface area contributed by atoms with E-state index in [9.17, 15) is 13.2 Å². The number of methoxy groups -OCH3 is 1. The van der Waals surface area contributed by atoms with Crippen molar-refractivity contribution in [2.45, 2.75) is 31.3 Å². The number of carbonyl (C=O) groups is 1. The SMILES string of the molecule is COc1ccc([C@H](C)NC(=O)CN(Cc2ccc(Cl)cc2)S(=O)(=O)c2ccc(C)cc2)cc1. The van der Waals surface area contributed by atoms with Crippen LogP contribution in [0.3, 0.4) is 0 Å². The minimum Gasteiger partial charge on any atom is -0.497 e. The first-order valence-electron chi connectivity index (χ1n) is 10.4. The van der Waals surface area contributed by atoms with Crippen LogP contribution in [0.4, 0.5) is 0 Å². The number of amides is 1. The standard InChI is InChI=1S/C25H27ClN2O4S/c1-18-4-14-24(15-5-18)33(30,31)28(16-20-6-10-22(26)11-7-20)17-25(29)27-19(2)21-8-12-23(32-3)13-9-21/h4-15,19H,16-17H2,1-3H3,(H,27,29)/t19-/m0/s1. The summed E-state index contributed by atoms with van der Waals surface area (Å²) in [6.07, 6.45) is 0. The molecule has 0 spiro atoms. The number of ether oxygens (including phenoxy) is 1. The van der Waals surface area contributed by atoms with E-state index in [0.29, 0.717) is 5.02 Å². The van der Waals surface area contributed by atoms with Gasteiger partial charge in [0.2, 0.25) is 15.9 Å². The first-order valence-corrected chi connectivity index (χ1v) is 12.3. The van der Waals surface area contributed by atoms with Crippen molar-refractivity contribution in [2.75, 3.05) is 13.7 Å². The average molecular weight is 487 g/mol. The monoisotopic (exact) mass is 486 g/mol. The third-order valence-electron chi connectivity index (χ3n) is 5.24. The molecule has 1 amide bonds. The van der Waals surface area contributed by atoms with Gasteiger partial charge in [0.1, 0.15) is 5.75 Å². The minimum absolute atomic E-state index is 0.0394. The van der Waals surface area contributed by atoms with Crippen LogP contribution in [-0.2, 0) is 21.4 Å². The van der Waals surface area contributed by atoms with Gasteiger partial charge in [-0.3, -0.25) is 4.79 Å². The van der Waals surface area contributed by atoms with Crippen molar-refractivity contribution >= 4 is 27.5 Å². The highest BCUT2D eigenvalue weighted by atomic mass is 35.5. The highest BCUT2D eigenvalue weighted by Gasteiger charge is 2.27. The molecule has 0 heterocycles. The van der Waals surface area contributed by atoms with Gasteiger partial charge in [-0.05, 0) is 61.4 Å². The molecule has 0 aliphatic carbocycles. The van der Waals surface area contributed by atoms with Crippen LogP contribution in [0.15, 0.2) is 77.7 Å². The van der Waals surface area contributed by atoms with E-state index in [1.165, 1.54) is 4.31 Å². The summed E-state index contributed by atoms with van der Waals surface area (Å²) in [5.74, 6) is 0.318. The van der Waals surface area contributed by atoms with Crippen molar-refractivity contribution in [1.82, 2.24) is 9.62 Å². The van der Waals surface area contributed by atoms with E-state index in [4.69, 9.17) is 16.3 Å². The fourth-order valence-electron chi connectivity index (χ4n) is 3.30. The first-order chi connectivity index (χ1) is 15.7. The van der Waals surface area contributed by atoms with Crippen molar-refractivity contribution in [3.63, 3.8) is 0 Å². The fraction of sp³-hybridized carbons (Fsp3) is 0.240. The summed E-state index contributed by atoms with van der Waals surface area (Å²) in [6, 6.07) is 20.5. The molecule has 3 aromatic rings. The van der Waals surface area contributed by atoms with E-state index >= 15 is 0 Å². The maximum atomic E-state index is 13.4. The molecule has 6 nitrogen and oxygen atoms in total. The molecular formula is C25H27ClN2O4S. The van der Waals surface area contributed by atoms with Crippen LogP contribution in [-0.4, -0.2) is 32.3 Å². The molecule has 1 atom stereocenters. The third kappa shape index (κ3) is 6.57. The molecule has 0 aliphatic heterocycles. The summed E-state index contributed by atoms with van der Waals surface area (Å²) in [5.41, 5.74) is 2.56. The number of aryl methyl sites for hydroxylation is 1. The van der Waals surface area contributed by atoms with E-state index < -0.39 is 15.9 Å². The van der Waals surface area contributed by atoms with Gasteiger partial charge in [0.15, 0.2) is 0 Å². The number of hydrogen-bond donors (Lipinski definition) is 1. The Labute approximate surface area is 200 Å². The van der Waals surface area contributed by atoms with Crippen LogP contribution in [0.5, 0.6) is 5.75 Å². The summed E-state index contributed by atoms with van der Waals surface area (Å²) in [4.78, 5) is 13.0. The number of benzene rings is 3. The number of halogens is 1. The first kappa shape index (κ1) is 24.8. The molecule has 3 aromatic carbocycles. The second kappa shape index (κ2) is 10.8. The summed E-state index contributed by atoms with van der Waals surface area (Å²) in [5, 5.41) is 3.44. The molecule has 0 bridgehead atoms. The number of carbonyl (C=O) groups excluding carboxylic acids is 1. The highest BCUT2D eigenvalue weighted by molar-refractivity contribution is 7.89. The van der Waals surface area contributed by atoms with Gasteiger partial charge in [0.05, 0.1) is 24.6 Å². The summed E-state index contributed by atoms with van der Waals surface area (Å²) >= 11 is 5.96. The molecule has 0 saturated carbocycles. The highest BCUT2D eigenvalue weighted by Crippen LogP contribution is 2.21. The lowest BCUT2D eigenvalue weighted by molar-refractivity contribution is -0.122. The Bertz CT molecular complexity index is 1180. The van der Waals surface area contributed by atoms with Crippen molar-refractivity contribution in [1.29, 1.82) is 0 Å². The number of nitrogens with one attached hydrogen (secondary N) is 1. The van der Waals surface area contributed by atoms with Crippen LogP contribution in [0, 0.1) is 6.92 Å². The normalized spacial score (nSPS) is 12.4. The van der Waals surface area contributed by atoms with Crippen molar-refractivity contribution in [3.8, 4) is 5.75 Å². The van der Waals surface area contributed by atoms with Crippen LogP contribution in [0.1, 0.15) is 29.7 Å². The van der Waals surface area contributed by atoms with Gasteiger partial charge in [-0.1, -0.05) is 53.6 Å². The van der Waals surface area contributed by atoms with E-state index in [2.05, 4.69) is 5.32 Å². The van der Waals surface area contributed by atoms with Crippen molar-refractivity contribution < 1.29 is 17.9 Å². The Morgan fingerprint density at radius 1 is 1.00 bits per heavy atom. The number of hydrogen-bond acceptors (Lipinski definition) is 4. The lowest BCUT2D eigenvalue weighted by atomic mass is 10.1. The second-order valence-corrected chi connectivity index (χ2v) is 10.1. The Balaban J connectivity index is 1.81. The van der Waals surface area contributed by atoms with E-state index in [0.717, 1.165) is 22.4 Å². The van der Waals surface area contributed by atoms with Crippen LogP contribution in [0.2, 0.25) is 5.02 Å². The Morgan fingerprint density at radius 3 is 2.18 bits per heavy atom. The Kier molecular flexibility index (Phi) is 8.13. The smallest absolute Gasteiger partial charge is 0.243 e. The molecule has 0 saturated heterocycles. The van der Waals surface area contributed by atoms with Gasteiger partial charge in [0, 0.05) is 11.6 Å². The lowest BCUT2D eigenvalue weighted by Crippen LogP contribution is -2.41. The van der Waals surface area contributed by atoms with Gasteiger partial charge in [-0.15, -0.1) is 0 Å². The molecule has 0 unspecified atom stereocenters. The lowest BCUT2D eigenvalue weighted by Gasteiger charge is -2.23. The molecule has 0 fully saturated rings. The molecule has 174 valence electrons. The van der Waals surface area contributed by atoms with Crippen LogP contribution < -0.4 is 10.1 Å². The predicted molar refractivity (Wildman–Crippen MR) is 130 cm³/mol. The van der Waals surface area contributed by atoms with Crippen LogP contribution in [0.25, 0.3) is 0 Å². The zero-order chi connectivity index (χ0) is 24.0. The van der Waals surface area contributed by atoms with Crippen molar-refractivity contribution in [3.05, 3.63) is 94.5 Å². The summed E-state index contributed by atoms with van der Waals surface area (Å²) in [7, 11) is -2.32. The number of sulfonamides is 1. The topological polar surface area (TPSA) is 75.7 Å². The average Bonchev–Trinajstić information content (AvgIpc) is 2.80. The van der Waals surface area contributed by atoms with E-state index in [1.807, 2.05) is 38.1 Å². The van der Waals surface area contributed by atoms with Gasteiger partial charge in [-0.25, -0.2) is 8.42 Å². The Morgan fingerprint density at radius 2 is 1.61 bits per heavy atom. The number of rotatable bonds is 9. The quantitative estimate of drug-likeness (QED) is 0.474. The van der Waals surface area contributed by atoms with E-state index in [1.54, 1.807) is 55.6 Å². The number of nitrogens with zero attached hydrogens (tertiary/aromatic N) is 1. The molecule has 0 radical (unpaired) electrons. The molecule has 33 heavy (non-hydrogen) atoms. The third-order valence-corrected chi connectivity index (χ3v) is 7.30. The summed E-state index contributed by atoms with van der Waals surface area (Å²) < 4.78 is 33.1. The second-order valence-electron chi connectivity index (χ2n) is 7.77. The predicted octanol–water partition coefficient (Wildman–Crippen LogP) is 4.73. The Hall–Kier alpha value is -2.87. The fourth-order valence-corrected chi connectivity index (χ4v) is 4.81. The van der Waals surface area contributed by atoms with Crippen molar-refractivity contribution in [2.24, 2.45) is 0 Å². The zero-order valence-electron chi connectivity index (χ0n) is 18.8. The molecular weight excluding hydrogens is 460 g/mol. The van der Waals surface area contributed by atoms with Gasteiger partial charge in [0.25, 0.3) is 0 Å². The van der Waals surface area contributed by atoms with Crippen LogP contribution >= 0.6 is 11.6 Å². The molecule has 1 N–H and O–H groups in total. The largest absolute Gasteiger partial charge is 0.497 e. The molecule has 8 heteroatoms. The van der Waals surface area contributed by atoms with Gasteiger partial charge >= 0.3 is 0 Å². The van der Waals surface area contributed by atoms with E-state index in [-0.39, 0.29) is 24.0 Å². The summed E-state index contributed by atoms with van der Waals surface area (Å²) in [6.45, 7) is 3.45. The zero-order valence-corrected chi connectivity index (χ0v) is 20.4.